The lowest BCUT2D eigenvalue weighted by Crippen LogP contribution is -2.23. The lowest BCUT2D eigenvalue weighted by Gasteiger charge is -2.13. The molecule has 0 radical (unpaired) electrons. The molecule has 3 N–H and O–H groups in total. The summed E-state index contributed by atoms with van der Waals surface area (Å²) in [5.74, 6) is 0.795. The smallest absolute Gasteiger partial charge is 0.237 e. The van der Waals surface area contributed by atoms with Gasteiger partial charge in [0.05, 0.1) is 16.6 Å². The molecule has 0 bridgehead atoms. The first kappa shape index (κ1) is 14.5. The van der Waals surface area contributed by atoms with Crippen molar-refractivity contribution < 1.29 is 4.79 Å². The predicted molar refractivity (Wildman–Crippen MR) is 86.7 cm³/mol. The Morgan fingerprint density at radius 1 is 1.15 bits per heavy atom. The summed E-state index contributed by atoms with van der Waals surface area (Å²) in [7, 11) is 0. The largest absolute Gasteiger partial charge is 0.397 e. The topological polar surface area (TPSA) is 55.1 Å². The molecule has 0 aliphatic rings. The van der Waals surface area contributed by atoms with Crippen LogP contribution in [0.25, 0.3) is 0 Å². The highest BCUT2D eigenvalue weighted by molar-refractivity contribution is 7.99. The van der Waals surface area contributed by atoms with E-state index in [1.54, 1.807) is 17.8 Å². The molecular formula is C16H18N2OS. The van der Waals surface area contributed by atoms with Gasteiger partial charge in [-0.1, -0.05) is 42.5 Å². The van der Waals surface area contributed by atoms with Gasteiger partial charge in [0.25, 0.3) is 0 Å². The van der Waals surface area contributed by atoms with Gasteiger partial charge in [0, 0.05) is 5.75 Å². The maximum atomic E-state index is 12.1. The molecule has 0 heterocycles. The second-order valence-corrected chi connectivity index (χ2v) is 5.84. The summed E-state index contributed by atoms with van der Waals surface area (Å²) in [6, 6.07) is 17.4. The molecule has 2 aromatic carbocycles. The third kappa shape index (κ3) is 4.03. The van der Waals surface area contributed by atoms with E-state index >= 15 is 0 Å². The Kier molecular flexibility index (Phi) is 5.07. The number of hydrogen-bond acceptors (Lipinski definition) is 3. The second-order valence-electron chi connectivity index (χ2n) is 4.52. The van der Waals surface area contributed by atoms with Gasteiger partial charge in [0.1, 0.15) is 0 Å². The fourth-order valence-corrected chi connectivity index (χ4v) is 2.56. The Balaban J connectivity index is 1.88. The highest BCUT2D eigenvalue weighted by atomic mass is 32.2. The Labute approximate surface area is 123 Å². The summed E-state index contributed by atoms with van der Waals surface area (Å²) in [6.45, 7) is 1.90. The predicted octanol–water partition coefficient (Wildman–Crippen LogP) is 3.53. The lowest BCUT2D eigenvalue weighted by molar-refractivity contribution is -0.115. The molecule has 0 saturated carbocycles. The van der Waals surface area contributed by atoms with E-state index in [1.165, 1.54) is 5.56 Å². The van der Waals surface area contributed by atoms with Crippen LogP contribution in [0.1, 0.15) is 12.5 Å². The van der Waals surface area contributed by atoms with Crippen LogP contribution in [0.4, 0.5) is 11.4 Å². The van der Waals surface area contributed by atoms with Gasteiger partial charge < -0.3 is 11.1 Å². The van der Waals surface area contributed by atoms with Crippen LogP contribution in [0.15, 0.2) is 54.6 Å². The zero-order valence-electron chi connectivity index (χ0n) is 11.4. The number of thioether (sulfide) groups is 1. The molecule has 4 heteroatoms. The Bertz CT molecular complexity index is 572. The van der Waals surface area contributed by atoms with Gasteiger partial charge in [0.15, 0.2) is 0 Å². The van der Waals surface area contributed by atoms with Crippen LogP contribution < -0.4 is 11.1 Å². The van der Waals surface area contributed by atoms with Crippen LogP contribution in [0.2, 0.25) is 0 Å². The molecule has 1 unspecified atom stereocenters. The molecule has 0 saturated heterocycles. The minimum Gasteiger partial charge on any atom is -0.397 e. The fourth-order valence-electron chi connectivity index (χ4n) is 1.72. The number of anilines is 2. The Morgan fingerprint density at radius 2 is 1.80 bits per heavy atom. The van der Waals surface area contributed by atoms with E-state index in [2.05, 4.69) is 17.4 Å². The van der Waals surface area contributed by atoms with Crippen LogP contribution in [-0.2, 0) is 10.5 Å². The number of amides is 1. The number of hydrogen-bond donors (Lipinski definition) is 2. The number of nitrogens with one attached hydrogen (secondary N) is 1. The summed E-state index contributed by atoms with van der Waals surface area (Å²) in [4.78, 5) is 12.1. The van der Waals surface area contributed by atoms with E-state index in [0.717, 1.165) is 5.75 Å². The number of carbonyl (C=O) groups is 1. The van der Waals surface area contributed by atoms with Crippen LogP contribution in [0.3, 0.4) is 0 Å². The molecular weight excluding hydrogens is 268 g/mol. The minimum absolute atomic E-state index is 0.0242. The van der Waals surface area contributed by atoms with Gasteiger partial charge >= 0.3 is 0 Å². The summed E-state index contributed by atoms with van der Waals surface area (Å²) in [5.41, 5.74) is 8.29. The van der Waals surface area contributed by atoms with Gasteiger partial charge in [-0.15, -0.1) is 11.8 Å². The highest BCUT2D eigenvalue weighted by Gasteiger charge is 2.14. The molecule has 3 nitrogen and oxygen atoms in total. The molecule has 2 aromatic rings. The average molecular weight is 286 g/mol. The first-order chi connectivity index (χ1) is 9.66. The molecule has 0 spiro atoms. The monoisotopic (exact) mass is 286 g/mol. The van der Waals surface area contributed by atoms with Crippen molar-refractivity contribution in [1.82, 2.24) is 0 Å². The third-order valence-corrected chi connectivity index (χ3v) is 4.14. The van der Waals surface area contributed by atoms with E-state index in [0.29, 0.717) is 11.4 Å². The number of nitrogen functional groups attached to an aromatic ring is 1. The first-order valence-corrected chi connectivity index (χ1v) is 7.52. The van der Waals surface area contributed by atoms with Crippen molar-refractivity contribution in [3.63, 3.8) is 0 Å². The van der Waals surface area contributed by atoms with Gasteiger partial charge in [0.2, 0.25) is 5.91 Å². The molecule has 0 fully saturated rings. The summed E-state index contributed by atoms with van der Waals surface area (Å²) in [6.07, 6.45) is 0. The third-order valence-electron chi connectivity index (χ3n) is 2.93. The Hall–Kier alpha value is -1.94. The first-order valence-electron chi connectivity index (χ1n) is 6.47. The number of benzene rings is 2. The van der Waals surface area contributed by atoms with Gasteiger partial charge in [-0.2, -0.15) is 0 Å². The lowest BCUT2D eigenvalue weighted by atomic mass is 10.2. The number of para-hydroxylation sites is 2. The molecule has 1 atom stereocenters. The maximum Gasteiger partial charge on any atom is 0.237 e. The van der Waals surface area contributed by atoms with Crippen molar-refractivity contribution in [1.29, 1.82) is 0 Å². The molecule has 20 heavy (non-hydrogen) atoms. The van der Waals surface area contributed by atoms with E-state index in [4.69, 9.17) is 5.73 Å². The van der Waals surface area contributed by atoms with Crippen LogP contribution in [0, 0.1) is 0 Å². The van der Waals surface area contributed by atoms with Crippen molar-refractivity contribution in [2.75, 3.05) is 11.1 Å². The average Bonchev–Trinajstić information content (AvgIpc) is 2.48. The molecule has 0 aliphatic heterocycles. The summed E-state index contributed by atoms with van der Waals surface area (Å²) < 4.78 is 0. The van der Waals surface area contributed by atoms with E-state index < -0.39 is 0 Å². The summed E-state index contributed by atoms with van der Waals surface area (Å²) >= 11 is 1.61. The van der Waals surface area contributed by atoms with E-state index in [9.17, 15) is 4.79 Å². The van der Waals surface area contributed by atoms with Crippen molar-refractivity contribution >= 4 is 29.0 Å². The fraction of sp³-hybridized carbons (Fsp3) is 0.188. The zero-order chi connectivity index (χ0) is 14.4. The zero-order valence-corrected chi connectivity index (χ0v) is 12.2. The van der Waals surface area contributed by atoms with Gasteiger partial charge in [-0.05, 0) is 24.6 Å². The van der Waals surface area contributed by atoms with Gasteiger partial charge in [-0.25, -0.2) is 0 Å². The SMILES string of the molecule is CC(SCc1ccccc1)C(=O)Nc1ccccc1N. The molecule has 104 valence electrons. The molecule has 1 amide bonds. The van der Waals surface area contributed by atoms with Crippen molar-refractivity contribution in [3.8, 4) is 0 Å². The van der Waals surface area contributed by atoms with Crippen molar-refractivity contribution in [2.24, 2.45) is 0 Å². The Morgan fingerprint density at radius 3 is 2.50 bits per heavy atom. The van der Waals surface area contributed by atoms with E-state index in [1.807, 2.05) is 43.3 Å². The van der Waals surface area contributed by atoms with Crippen LogP contribution in [0.5, 0.6) is 0 Å². The molecule has 0 aromatic heterocycles. The molecule has 2 rings (SSSR count). The number of carbonyl (C=O) groups excluding carboxylic acids is 1. The quantitative estimate of drug-likeness (QED) is 0.827. The standard InChI is InChI=1S/C16H18N2OS/c1-12(20-11-13-7-3-2-4-8-13)16(19)18-15-10-6-5-9-14(15)17/h2-10,12H,11,17H2,1H3,(H,18,19). The number of nitrogens with two attached hydrogens (primary N) is 1. The number of rotatable bonds is 5. The second kappa shape index (κ2) is 7.01. The molecule has 0 aliphatic carbocycles. The maximum absolute atomic E-state index is 12.1. The van der Waals surface area contributed by atoms with Gasteiger partial charge in [-0.3, -0.25) is 4.79 Å². The van der Waals surface area contributed by atoms with Crippen molar-refractivity contribution in [2.45, 2.75) is 17.9 Å². The summed E-state index contributed by atoms with van der Waals surface area (Å²) in [5, 5.41) is 2.73. The highest BCUT2D eigenvalue weighted by Crippen LogP contribution is 2.21. The van der Waals surface area contributed by atoms with Crippen LogP contribution >= 0.6 is 11.8 Å². The normalized spacial score (nSPS) is 11.8. The van der Waals surface area contributed by atoms with Crippen molar-refractivity contribution in [3.05, 3.63) is 60.2 Å². The minimum atomic E-state index is -0.130. The van der Waals surface area contributed by atoms with Crippen LogP contribution in [-0.4, -0.2) is 11.2 Å². The van der Waals surface area contributed by atoms with E-state index in [-0.39, 0.29) is 11.2 Å².